The van der Waals surface area contributed by atoms with Gasteiger partial charge in [0, 0.05) is 9.90 Å². The molecule has 0 N–H and O–H groups in total. The van der Waals surface area contributed by atoms with E-state index >= 15 is 0 Å². The van der Waals surface area contributed by atoms with Gasteiger partial charge < -0.3 is 5.11 Å². The molecule has 0 radical (unpaired) electrons. The van der Waals surface area contributed by atoms with Crippen molar-refractivity contribution in [1.82, 2.24) is 4.57 Å². The van der Waals surface area contributed by atoms with E-state index in [9.17, 15) is 5.11 Å². The zero-order valence-corrected chi connectivity index (χ0v) is 17.7. The van der Waals surface area contributed by atoms with Crippen LogP contribution in [0.4, 0.5) is 5.69 Å². The van der Waals surface area contributed by atoms with Gasteiger partial charge in [0.2, 0.25) is 0 Å². The zero-order chi connectivity index (χ0) is 20.4. The SMILES string of the molecule is Cn1cc[n+](C)c1C([O-])(C(=Nc1ccccc1)c1ccc(Cl)cc1)c1cccs1. The molecule has 4 rings (SSSR count). The summed E-state index contributed by atoms with van der Waals surface area (Å²) < 4.78 is 3.73. The first-order valence-electron chi connectivity index (χ1n) is 9.16. The highest BCUT2D eigenvalue weighted by molar-refractivity contribution is 7.10. The lowest BCUT2D eigenvalue weighted by atomic mass is 9.88. The van der Waals surface area contributed by atoms with Crippen LogP contribution in [0.1, 0.15) is 16.3 Å². The number of para-hydroxylation sites is 1. The Morgan fingerprint density at radius 2 is 1.79 bits per heavy atom. The summed E-state index contributed by atoms with van der Waals surface area (Å²) in [4.78, 5) is 5.55. The predicted molar refractivity (Wildman–Crippen MR) is 116 cm³/mol. The van der Waals surface area contributed by atoms with Crippen molar-refractivity contribution in [3.8, 4) is 0 Å². The summed E-state index contributed by atoms with van der Waals surface area (Å²) in [5.41, 5.74) is 0.194. The summed E-state index contributed by atoms with van der Waals surface area (Å²) in [5.74, 6) is 0.601. The Labute approximate surface area is 179 Å². The second-order valence-electron chi connectivity index (χ2n) is 6.80. The number of halogens is 1. The van der Waals surface area contributed by atoms with Crippen LogP contribution in [0.2, 0.25) is 5.02 Å². The van der Waals surface area contributed by atoms with Crippen LogP contribution in [0.25, 0.3) is 0 Å². The molecule has 146 valence electrons. The second kappa shape index (κ2) is 7.95. The van der Waals surface area contributed by atoms with Gasteiger partial charge >= 0.3 is 0 Å². The van der Waals surface area contributed by atoms with Crippen molar-refractivity contribution in [2.45, 2.75) is 5.60 Å². The molecule has 0 amide bonds. The van der Waals surface area contributed by atoms with E-state index < -0.39 is 5.60 Å². The quantitative estimate of drug-likeness (QED) is 0.355. The third kappa shape index (κ3) is 3.65. The maximum Gasteiger partial charge on any atom is 0.256 e. The fraction of sp³-hybridized carbons (Fsp3) is 0.130. The average molecular weight is 422 g/mol. The summed E-state index contributed by atoms with van der Waals surface area (Å²) in [6.07, 6.45) is 3.77. The number of hydrogen-bond acceptors (Lipinski definition) is 3. The van der Waals surface area contributed by atoms with Crippen LogP contribution in [-0.2, 0) is 19.7 Å². The topological polar surface area (TPSA) is 44.2 Å². The largest absolute Gasteiger partial charge is 0.832 e. The molecule has 2 heterocycles. The first-order chi connectivity index (χ1) is 14.0. The molecule has 2 aromatic carbocycles. The molecule has 2 aromatic heterocycles. The Morgan fingerprint density at radius 1 is 1.07 bits per heavy atom. The van der Waals surface area contributed by atoms with Crippen LogP contribution in [-0.4, -0.2) is 10.3 Å². The molecule has 0 saturated carbocycles. The minimum atomic E-state index is -1.70. The number of imidazole rings is 1. The molecule has 0 aliphatic heterocycles. The lowest BCUT2D eigenvalue weighted by Gasteiger charge is -2.37. The number of aryl methyl sites for hydroxylation is 2. The van der Waals surface area contributed by atoms with Crippen LogP contribution in [0.3, 0.4) is 0 Å². The molecule has 0 fully saturated rings. The van der Waals surface area contributed by atoms with Crippen LogP contribution >= 0.6 is 22.9 Å². The third-order valence-electron chi connectivity index (χ3n) is 4.81. The van der Waals surface area contributed by atoms with Gasteiger partial charge in [-0.25, -0.2) is 9.13 Å². The Bertz CT molecular complexity index is 1120. The van der Waals surface area contributed by atoms with E-state index in [1.54, 1.807) is 12.1 Å². The summed E-state index contributed by atoms with van der Waals surface area (Å²) in [6.45, 7) is 0. The summed E-state index contributed by atoms with van der Waals surface area (Å²) in [6, 6.07) is 20.6. The number of aliphatic imine (C=N–C) groups is 1. The van der Waals surface area contributed by atoms with Crippen molar-refractivity contribution >= 4 is 34.3 Å². The van der Waals surface area contributed by atoms with Gasteiger partial charge in [0.05, 0.1) is 31.1 Å². The van der Waals surface area contributed by atoms with Gasteiger partial charge in [-0.05, 0) is 41.3 Å². The maximum absolute atomic E-state index is 14.9. The van der Waals surface area contributed by atoms with Gasteiger partial charge in [0.15, 0.2) is 0 Å². The number of hydrogen-bond donors (Lipinski definition) is 0. The highest BCUT2D eigenvalue weighted by Crippen LogP contribution is 2.34. The molecule has 0 spiro atoms. The van der Waals surface area contributed by atoms with Gasteiger partial charge in [0.1, 0.15) is 12.4 Å². The predicted octanol–water partition coefficient (Wildman–Crippen LogP) is 3.99. The molecule has 1 atom stereocenters. The zero-order valence-electron chi connectivity index (χ0n) is 16.1. The van der Waals surface area contributed by atoms with E-state index in [4.69, 9.17) is 16.6 Å². The Hall–Kier alpha value is -2.73. The van der Waals surface area contributed by atoms with Crippen LogP contribution < -0.4 is 9.67 Å². The van der Waals surface area contributed by atoms with Crippen molar-refractivity contribution in [1.29, 1.82) is 0 Å². The number of rotatable bonds is 5. The number of thiophene rings is 1. The van der Waals surface area contributed by atoms with Gasteiger partial charge in [0.25, 0.3) is 5.82 Å². The van der Waals surface area contributed by atoms with Gasteiger partial charge in [-0.2, -0.15) is 0 Å². The van der Waals surface area contributed by atoms with Crippen LogP contribution in [0, 0.1) is 0 Å². The summed E-state index contributed by atoms with van der Waals surface area (Å²) in [5, 5.41) is 17.4. The monoisotopic (exact) mass is 421 g/mol. The molecule has 1 unspecified atom stereocenters. The maximum atomic E-state index is 14.9. The summed E-state index contributed by atoms with van der Waals surface area (Å²) in [7, 11) is 3.77. The van der Waals surface area contributed by atoms with Crippen molar-refractivity contribution < 1.29 is 9.67 Å². The molecule has 0 aliphatic carbocycles. The molecule has 4 nitrogen and oxygen atoms in total. The number of aromatic nitrogens is 2. The lowest BCUT2D eigenvalue weighted by molar-refractivity contribution is -0.695. The standard InChI is InChI=1S/C23H20ClN3OS/c1-26-14-15-27(2)22(26)23(28,20-9-6-16-29-20)21(17-10-12-18(24)13-11-17)25-19-7-4-3-5-8-19/h3-16H,1-2H3. The fourth-order valence-electron chi connectivity index (χ4n) is 3.48. The molecule has 29 heavy (non-hydrogen) atoms. The molecular formula is C23H20ClN3OS. The lowest BCUT2D eigenvalue weighted by Crippen LogP contribution is -2.57. The highest BCUT2D eigenvalue weighted by Gasteiger charge is 2.39. The van der Waals surface area contributed by atoms with E-state index in [1.165, 1.54) is 11.3 Å². The third-order valence-corrected chi connectivity index (χ3v) is 6.04. The van der Waals surface area contributed by atoms with Crippen molar-refractivity contribution in [2.24, 2.45) is 19.1 Å². The molecular weight excluding hydrogens is 402 g/mol. The molecule has 4 aromatic rings. The van der Waals surface area contributed by atoms with Crippen LogP contribution in [0.5, 0.6) is 0 Å². The first kappa shape index (κ1) is 19.6. The Morgan fingerprint density at radius 3 is 2.38 bits per heavy atom. The summed E-state index contributed by atoms with van der Waals surface area (Å²) >= 11 is 7.55. The molecule has 0 saturated heterocycles. The van der Waals surface area contributed by atoms with Gasteiger partial charge in [-0.1, -0.05) is 48.0 Å². The minimum Gasteiger partial charge on any atom is -0.832 e. The fourth-order valence-corrected chi connectivity index (χ4v) is 4.43. The highest BCUT2D eigenvalue weighted by atomic mass is 35.5. The van der Waals surface area contributed by atoms with Crippen molar-refractivity contribution in [2.75, 3.05) is 0 Å². The molecule has 6 heteroatoms. The molecule has 0 bridgehead atoms. The van der Waals surface area contributed by atoms with E-state index in [2.05, 4.69) is 0 Å². The van der Waals surface area contributed by atoms with E-state index in [0.717, 1.165) is 11.3 Å². The second-order valence-corrected chi connectivity index (χ2v) is 8.19. The van der Waals surface area contributed by atoms with Gasteiger partial charge in [-0.3, -0.25) is 4.99 Å². The number of benzene rings is 2. The smallest absolute Gasteiger partial charge is 0.256 e. The van der Waals surface area contributed by atoms with Crippen LogP contribution in [0.15, 0.2) is 89.5 Å². The average Bonchev–Trinajstić information content (AvgIpc) is 3.38. The Kier molecular flexibility index (Phi) is 5.37. The Balaban J connectivity index is 2.04. The van der Waals surface area contributed by atoms with E-state index in [0.29, 0.717) is 21.4 Å². The normalized spacial score (nSPS) is 14.0. The first-order valence-corrected chi connectivity index (χ1v) is 10.4. The minimum absolute atomic E-state index is 0.431. The number of nitrogens with zero attached hydrogens (tertiary/aromatic N) is 3. The van der Waals surface area contributed by atoms with E-state index in [1.807, 2.05) is 95.6 Å². The van der Waals surface area contributed by atoms with Crippen molar-refractivity contribution in [3.63, 3.8) is 0 Å². The molecule has 0 aliphatic rings. The van der Waals surface area contributed by atoms with Crippen molar-refractivity contribution in [3.05, 3.63) is 106 Å². The van der Waals surface area contributed by atoms with E-state index in [-0.39, 0.29) is 0 Å². The van der Waals surface area contributed by atoms with Gasteiger partial charge in [-0.15, -0.1) is 11.3 Å².